The van der Waals surface area contributed by atoms with Gasteiger partial charge in [0.2, 0.25) is 0 Å². The molecule has 0 aromatic heterocycles. The standard InChI is InChI=1S/C43H80O6/c1-4-7-10-13-15-17-19-20-21-22-23-24-26-27-30-33-36-42(45)48-39-40(38-47-41(44)35-32-29-12-9-6-3)49-43(46)37-34-31-28-25-18-16-14-11-8-5-2/h11,14,40H,4-10,12-13,15-39H2,1-3H3/b14-11-. The first kappa shape index (κ1) is 47.1. The fourth-order valence-corrected chi connectivity index (χ4v) is 6.03. The highest BCUT2D eigenvalue weighted by molar-refractivity contribution is 5.71. The number of rotatable bonds is 38. The maximum Gasteiger partial charge on any atom is 0.306 e. The summed E-state index contributed by atoms with van der Waals surface area (Å²) in [5, 5.41) is 0. The van der Waals surface area contributed by atoms with E-state index in [1.807, 2.05) is 0 Å². The minimum absolute atomic E-state index is 0.0707. The van der Waals surface area contributed by atoms with Crippen molar-refractivity contribution in [2.24, 2.45) is 0 Å². The number of hydrogen-bond donors (Lipinski definition) is 0. The van der Waals surface area contributed by atoms with Crippen molar-refractivity contribution in [3.63, 3.8) is 0 Å². The normalized spacial score (nSPS) is 12.0. The molecule has 0 saturated carbocycles. The van der Waals surface area contributed by atoms with E-state index >= 15 is 0 Å². The summed E-state index contributed by atoms with van der Waals surface area (Å²) in [6.07, 6.45) is 39.4. The lowest BCUT2D eigenvalue weighted by Crippen LogP contribution is -2.30. The zero-order chi connectivity index (χ0) is 35.9. The topological polar surface area (TPSA) is 78.9 Å². The summed E-state index contributed by atoms with van der Waals surface area (Å²) < 4.78 is 16.5. The molecule has 0 rings (SSSR count). The van der Waals surface area contributed by atoms with Crippen molar-refractivity contribution in [1.29, 1.82) is 0 Å². The quantitative estimate of drug-likeness (QED) is 0.0277. The van der Waals surface area contributed by atoms with Crippen molar-refractivity contribution in [2.75, 3.05) is 13.2 Å². The molecule has 0 radical (unpaired) electrons. The summed E-state index contributed by atoms with van der Waals surface area (Å²) in [5.74, 6) is -0.892. The molecule has 0 heterocycles. The Morgan fingerprint density at radius 2 is 0.714 bits per heavy atom. The van der Waals surface area contributed by atoms with Crippen molar-refractivity contribution in [3.05, 3.63) is 12.2 Å². The summed E-state index contributed by atoms with van der Waals surface area (Å²) in [5.41, 5.74) is 0. The van der Waals surface area contributed by atoms with Gasteiger partial charge in [0.15, 0.2) is 6.10 Å². The average molecular weight is 693 g/mol. The molecule has 0 amide bonds. The van der Waals surface area contributed by atoms with Gasteiger partial charge >= 0.3 is 17.9 Å². The molecule has 0 fully saturated rings. The van der Waals surface area contributed by atoms with Crippen molar-refractivity contribution >= 4 is 17.9 Å². The SMILES string of the molecule is CCC/C=C\CCCCCCCC(=O)OC(COC(=O)CCCCCCC)COC(=O)CCCCCCCCCCCCCCCCCC. The molecule has 0 aromatic rings. The number of allylic oxidation sites excluding steroid dienone is 2. The molecule has 0 aromatic carbocycles. The molecule has 0 N–H and O–H groups in total. The van der Waals surface area contributed by atoms with E-state index in [1.54, 1.807) is 0 Å². The number of hydrogen-bond acceptors (Lipinski definition) is 6. The minimum Gasteiger partial charge on any atom is -0.462 e. The van der Waals surface area contributed by atoms with Gasteiger partial charge in [0.05, 0.1) is 0 Å². The fraction of sp³-hybridized carbons (Fsp3) is 0.884. The molecule has 0 bridgehead atoms. The van der Waals surface area contributed by atoms with E-state index in [0.717, 1.165) is 83.5 Å². The van der Waals surface area contributed by atoms with Crippen LogP contribution in [0.4, 0.5) is 0 Å². The molecule has 1 atom stereocenters. The summed E-state index contributed by atoms with van der Waals surface area (Å²) in [7, 11) is 0. The van der Waals surface area contributed by atoms with Gasteiger partial charge in [-0.25, -0.2) is 0 Å². The maximum absolute atomic E-state index is 12.6. The molecule has 288 valence electrons. The van der Waals surface area contributed by atoms with E-state index in [1.165, 1.54) is 103 Å². The number of carbonyl (C=O) groups is 3. The number of carbonyl (C=O) groups excluding carboxylic acids is 3. The summed E-state index contributed by atoms with van der Waals surface area (Å²) in [6, 6.07) is 0. The Hall–Kier alpha value is -1.85. The molecule has 49 heavy (non-hydrogen) atoms. The smallest absolute Gasteiger partial charge is 0.306 e. The van der Waals surface area contributed by atoms with Crippen LogP contribution in [0.25, 0.3) is 0 Å². The third kappa shape index (κ3) is 37.2. The molecule has 0 aliphatic heterocycles. The first-order chi connectivity index (χ1) is 24.0. The van der Waals surface area contributed by atoms with Crippen molar-refractivity contribution in [2.45, 2.75) is 232 Å². The second-order valence-electron chi connectivity index (χ2n) is 14.3. The average Bonchev–Trinajstić information content (AvgIpc) is 3.09. The Balaban J connectivity index is 4.18. The van der Waals surface area contributed by atoms with Crippen molar-refractivity contribution < 1.29 is 28.6 Å². The lowest BCUT2D eigenvalue weighted by atomic mass is 10.0. The Morgan fingerprint density at radius 1 is 0.388 bits per heavy atom. The van der Waals surface area contributed by atoms with Crippen LogP contribution in [0.5, 0.6) is 0 Å². The Morgan fingerprint density at radius 3 is 1.10 bits per heavy atom. The predicted molar refractivity (Wildman–Crippen MR) is 206 cm³/mol. The second-order valence-corrected chi connectivity index (χ2v) is 14.3. The van der Waals surface area contributed by atoms with Crippen LogP contribution in [0, 0.1) is 0 Å². The van der Waals surface area contributed by atoms with Gasteiger partial charge in [-0.3, -0.25) is 14.4 Å². The van der Waals surface area contributed by atoms with Gasteiger partial charge in [-0.05, 0) is 38.5 Å². The molecule has 0 aliphatic rings. The van der Waals surface area contributed by atoms with Gasteiger partial charge in [-0.15, -0.1) is 0 Å². The lowest BCUT2D eigenvalue weighted by molar-refractivity contribution is -0.167. The van der Waals surface area contributed by atoms with Gasteiger partial charge in [0.1, 0.15) is 13.2 Å². The van der Waals surface area contributed by atoms with E-state index in [2.05, 4.69) is 32.9 Å². The lowest BCUT2D eigenvalue weighted by Gasteiger charge is -2.18. The van der Waals surface area contributed by atoms with E-state index < -0.39 is 6.10 Å². The van der Waals surface area contributed by atoms with Crippen LogP contribution in [0.3, 0.4) is 0 Å². The maximum atomic E-state index is 12.6. The second kappa shape index (κ2) is 38.9. The molecular formula is C43H80O6. The third-order valence-electron chi connectivity index (χ3n) is 9.25. The molecular weight excluding hydrogens is 612 g/mol. The van der Waals surface area contributed by atoms with Gasteiger partial charge < -0.3 is 14.2 Å². The van der Waals surface area contributed by atoms with E-state index in [0.29, 0.717) is 19.3 Å². The highest BCUT2D eigenvalue weighted by Gasteiger charge is 2.19. The predicted octanol–water partition coefficient (Wildman–Crippen LogP) is 13.1. The molecule has 0 spiro atoms. The van der Waals surface area contributed by atoms with Crippen LogP contribution in [-0.2, 0) is 28.6 Å². The molecule has 0 saturated heterocycles. The zero-order valence-electron chi connectivity index (χ0n) is 32.7. The first-order valence-corrected chi connectivity index (χ1v) is 21.2. The van der Waals surface area contributed by atoms with Gasteiger partial charge in [0.25, 0.3) is 0 Å². The van der Waals surface area contributed by atoms with Crippen LogP contribution < -0.4 is 0 Å². The van der Waals surface area contributed by atoms with Crippen LogP contribution in [0.1, 0.15) is 226 Å². The van der Waals surface area contributed by atoms with Gasteiger partial charge in [-0.2, -0.15) is 0 Å². The zero-order valence-corrected chi connectivity index (χ0v) is 32.7. The Kier molecular flexibility index (Phi) is 37.5. The fourth-order valence-electron chi connectivity index (χ4n) is 6.03. The van der Waals surface area contributed by atoms with E-state index in [9.17, 15) is 14.4 Å². The largest absolute Gasteiger partial charge is 0.462 e. The van der Waals surface area contributed by atoms with Crippen LogP contribution >= 0.6 is 0 Å². The van der Waals surface area contributed by atoms with Crippen LogP contribution in [0.2, 0.25) is 0 Å². The van der Waals surface area contributed by atoms with Crippen LogP contribution in [-0.4, -0.2) is 37.2 Å². The van der Waals surface area contributed by atoms with Crippen molar-refractivity contribution in [3.8, 4) is 0 Å². The number of ether oxygens (including phenoxy) is 3. The summed E-state index contributed by atoms with van der Waals surface area (Å²) in [4.78, 5) is 37.3. The molecule has 6 nitrogen and oxygen atoms in total. The highest BCUT2D eigenvalue weighted by atomic mass is 16.6. The molecule has 0 aliphatic carbocycles. The highest BCUT2D eigenvalue weighted by Crippen LogP contribution is 2.15. The van der Waals surface area contributed by atoms with Crippen LogP contribution in [0.15, 0.2) is 12.2 Å². The Labute approximate surface area is 303 Å². The van der Waals surface area contributed by atoms with Crippen molar-refractivity contribution in [1.82, 2.24) is 0 Å². The Bertz CT molecular complexity index is 763. The summed E-state index contributed by atoms with van der Waals surface area (Å²) in [6.45, 7) is 6.49. The van der Waals surface area contributed by atoms with E-state index in [-0.39, 0.29) is 31.1 Å². The monoisotopic (exact) mass is 693 g/mol. The number of unbranched alkanes of at least 4 members (excludes halogenated alkanes) is 25. The first-order valence-electron chi connectivity index (χ1n) is 21.2. The molecule has 1 unspecified atom stereocenters. The van der Waals surface area contributed by atoms with E-state index in [4.69, 9.17) is 14.2 Å². The molecule has 6 heteroatoms. The third-order valence-corrected chi connectivity index (χ3v) is 9.25. The summed E-state index contributed by atoms with van der Waals surface area (Å²) >= 11 is 0. The van der Waals surface area contributed by atoms with Gasteiger partial charge in [0, 0.05) is 19.3 Å². The number of esters is 3. The van der Waals surface area contributed by atoms with Gasteiger partial charge in [-0.1, -0.05) is 181 Å². The minimum atomic E-state index is -0.763.